The van der Waals surface area contributed by atoms with E-state index >= 15 is 0 Å². The van der Waals surface area contributed by atoms with Crippen molar-refractivity contribution in [1.29, 1.82) is 0 Å². The van der Waals surface area contributed by atoms with E-state index in [-0.39, 0.29) is 11.7 Å². The molecule has 0 N–H and O–H groups in total. The summed E-state index contributed by atoms with van der Waals surface area (Å²) in [5.41, 5.74) is -0.351. The second-order valence-corrected chi connectivity index (χ2v) is 8.94. The molecular weight excluding hydrogens is 314 g/mol. The van der Waals surface area contributed by atoms with Gasteiger partial charge in [-0.05, 0) is 37.3 Å². The van der Waals surface area contributed by atoms with E-state index in [0.29, 0.717) is 24.6 Å². The molecule has 4 rings (SSSR count). The Balaban J connectivity index is 1.41. The molecule has 0 aromatic heterocycles. The fourth-order valence-electron chi connectivity index (χ4n) is 3.51. The summed E-state index contributed by atoms with van der Waals surface area (Å²) in [4.78, 5) is 0.358. The van der Waals surface area contributed by atoms with Gasteiger partial charge in [-0.3, -0.25) is 0 Å². The van der Waals surface area contributed by atoms with Crippen molar-refractivity contribution in [2.24, 2.45) is 5.92 Å². The van der Waals surface area contributed by atoms with E-state index in [1.54, 1.807) is 28.6 Å². The zero-order chi connectivity index (χ0) is 15.9. The van der Waals surface area contributed by atoms with Gasteiger partial charge in [0.25, 0.3) is 0 Å². The Kier molecular flexibility index (Phi) is 3.96. The van der Waals surface area contributed by atoms with E-state index in [4.69, 9.17) is 9.47 Å². The largest absolute Gasteiger partial charge is 0.375 e. The fourth-order valence-corrected chi connectivity index (χ4v) is 5.04. The number of sulfonamides is 1. The summed E-state index contributed by atoms with van der Waals surface area (Å²) >= 11 is 0. The second-order valence-electron chi connectivity index (χ2n) is 7.00. The SMILES string of the molecule is O=S(=O)(c1ccccc1)N1CC[C@]2(C[C@@H](OCC3CC3)CO2)C1. The van der Waals surface area contributed by atoms with Gasteiger partial charge in [0.2, 0.25) is 10.0 Å². The fraction of sp³-hybridized carbons (Fsp3) is 0.647. The quantitative estimate of drug-likeness (QED) is 0.825. The molecule has 0 bridgehead atoms. The molecule has 0 radical (unpaired) electrons. The van der Waals surface area contributed by atoms with E-state index in [1.807, 2.05) is 6.07 Å². The number of rotatable bonds is 5. The molecule has 2 atom stereocenters. The van der Waals surface area contributed by atoms with E-state index in [0.717, 1.165) is 25.4 Å². The van der Waals surface area contributed by atoms with Gasteiger partial charge in [-0.2, -0.15) is 4.31 Å². The van der Waals surface area contributed by atoms with Crippen LogP contribution in [-0.4, -0.2) is 50.7 Å². The van der Waals surface area contributed by atoms with Crippen molar-refractivity contribution in [2.75, 3.05) is 26.3 Å². The van der Waals surface area contributed by atoms with Gasteiger partial charge in [0.1, 0.15) is 0 Å². The first-order valence-electron chi connectivity index (χ1n) is 8.38. The Morgan fingerprint density at radius 3 is 2.78 bits per heavy atom. The molecular formula is C17H23NO4S. The first kappa shape index (κ1) is 15.6. The molecule has 1 aromatic rings. The molecule has 5 nitrogen and oxygen atoms in total. The van der Waals surface area contributed by atoms with E-state index < -0.39 is 10.0 Å². The van der Waals surface area contributed by atoms with E-state index in [2.05, 4.69) is 0 Å². The summed E-state index contributed by atoms with van der Waals surface area (Å²) in [6.07, 6.45) is 4.24. The highest BCUT2D eigenvalue weighted by Gasteiger charge is 2.49. The van der Waals surface area contributed by atoms with Crippen LogP contribution in [0.3, 0.4) is 0 Å². The first-order valence-corrected chi connectivity index (χ1v) is 9.82. The lowest BCUT2D eigenvalue weighted by Gasteiger charge is -2.23. The smallest absolute Gasteiger partial charge is 0.243 e. The molecule has 1 aliphatic carbocycles. The molecule has 126 valence electrons. The highest BCUT2D eigenvalue weighted by Crippen LogP contribution is 2.39. The van der Waals surface area contributed by atoms with Gasteiger partial charge in [0.05, 0.1) is 23.2 Å². The molecule has 2 heterocycles. The van der Waals surface area contributed by atoms with Crippen LogP contribution in [0.25, 0.3) is 0 Å². The predicted octanol–water partition coefficient (Wildman–Crippen LogP) is 2.04. The van der Waals surface area contributed by atoms with Crippen LogP contribution < -0.4 is 0 Å². The summed E-state index contributed by atoms with van der Waals surface area (Å²) in [6.45, 7) is 2.38. The lowest BCUT2D eigenvalue weighted by Crippen LogP contribution is -2.36. The lowest BCUT2D eigenvalue weighted by molar-refractivity contribution is 0.00424. The average Bonchev–Trinajstić information content (AvgIpc) is 3.17. The van der Waals surface area contributed by atoms with E-state index in [1.165, 1.54) is 12.8 Å². The summed E-state index contributed by atoms with van der Waals surface area (Å²) in [7, 11) is -3.42. The minimum atomic E-state index is -3.42. The maximum absolute atomic E-state index is 12.7. The maximum Gasteiger partial charge on any atom is 0.243 e. The van der Waals surface area contributed by atoms with Gasteiger partial charge < -0.3 is 9.47 Å². The highest BCUT2D eigenvalue weighted by molar-refractivity contribution is 7.89. The monoisotopic (exact) mass is 337 g/mol. The van der Waals surface area contributed by atoms with Crippen molar-refractivity contribution in [3.05, 3.63) is 30.3 Å². The molecule has 3 aliphatic rings. The summed E-state index contributed by atoms with van der Waals surface area (Å²) in [5.74, 6) is 0.741. The van der Waals surface area contributed by atoms with Gasteiger partial charge in [-0.15, -0.1) is 0 Å². The van der Waals surface area contributed by atoms with Crippen molar-refractivity contribution in [1.82, 2.24) is 4.31 Å². The maximum atomic E-state index is 12.7. The normalized spacial score (nSPS) is 31.9. The van der Waals surface area contributed by atoms with Crippen LogP contribution in [-0.2, 0) is 19.5 Å². The van der Waals surface area contributed by atoms with Crippen LogP contribution in [0.5, 0.6) is 0 Å². The summed E-state index contributed by atoms with van der Waals surface area (Å²) in [6, 6.07) is 8.64. The second kappa shape index (κ2) is 5.84. The Bertz CT molecular complexity index is 658. The van der Waals surface area contributed by atoms with Crippen LogP contribution in [0.15, 0.2) is 35.2 Å². The topological polar surface area (TPSA) is 55.8 Å². The Labute approximate surface area is 137 Å². The molecule has 2 saturated heterocycles. The van der Waals surface area contributed by atoms with Crippen LogP contribution in [0.1, 0.15) is 25.7 Å². The number of benzene rings is 1. The van der Waals surface area contributed by atoms with Crippen molar-refractivity contribution >= 4 is 10.0 Å². The van der Waals surface area contributed by atoms with Crippen molar-refractivity contribution in [2.45, 2.75) is 42.3 Å². The molecule has 3 fully saturated rings. The Morgan fingerprint density at radius 1 is 1.26 bits per heavy atom. The molecule has 23 heavy (non-hydrogen) atoms. The summed E-state index contributed by atoms with van der Waals surface area (Å²) in [5, 5.41) is 0. The molecule has 0 unspecified atom stereocenters. The first-order chi connectivity index (χ1) is 11.1. The standard InChI is InChI=1S/C17H23NO4S/c19-23(20,16-4-2-1-3-5-16)18-9-8-17(13-18)10-15(12-22-17)21-11-14-6-7-14/h1-5,14-15H,6-13H2/t15-,17+/m1/s1. The zero-order valence-electron chi connectivity index (χ0n) is 13.2. The molecule has 0 amide bonds. The number of nitrogens with zero attached hydrogens (tertiary/aromatic N) is 1. The minimum absolute atomic E-state index is 0.120. The minimum Gasteiger partial charge on any atom is -0.375 e. The Hall–Kier alpha value is -0.950. The van der Waals surface area contributed by atoms with Crippen molar-refractivity contribution in [3.63, 3.8) is 0 Å². The van der Waals surface area contributed by atoms with Gasteiger partial charge in [-0.25, -0.2) is 8.42 Å². The highest BCUT2D eigenvalue weighted by atomic mass is 32.2. The van der Waals surface area contributed by atoms with E-state index in [9.17, 15) is 8.42 Å². The van der Waals surface area contributed by atoms with Crippen molar-refractivity contribution in [3.8, 4) is 0 Å². The molecule has 6 heteroatoms. The number of hydrogen-bond donors (Lipinski definition) is 0. The zero-order valence-corrected chi connectivity index (χ0v) is 14.0. The van der Waals surface area contributed by atoms with Gasteiger partial charge in [0.15, 0.2) is 0 Å². The molecule has 1 spiro atoms. The third-order valence-corrected chi connectivity index (χ3v) is 6.96. The Morgan fingerprint density at radius 2 is 2.04 bits per heavy atom. The van der Waals surface area contributed by atoms with Crippen LogP contribution in [0.2, 0.25) is 0 Å². The number of ether oxygens (including phenoxy) is 2. The number of hydrogen-bond acceptors (Lipinski definition) is 4. The van der Waals surface area contributed by atoms with Crippen molar-refractivity contribution < 1.29 is 17.9 Å². The average molecular weight is 337 g/mol. The van der Waals surface area contributed by atoms with Gasteiger partial charge >= 0.3 is 0 Å². The van der Waals surface area contributed by atoms with Crippen LogP contribution in [0, 0.1) is 5.92 Å². The lowest BCUT2D eigenvalue weighted by atomic mass is 9.98. The van der Waals surface area contributed by atoms with Crippen LogP contribution >= 0.6 is 0 Å². The summed E-state index contributed by atoms with van der Waals surface area (Å²) < 4.78 is 38.9. The molecule has 2 aliphatic heterocycles. The van der Waals surface area contributed by atoms with Gasteiger partial charge in [0, 0.05) is 26.1 Å². The molecule has 1 aromatic carbocycles. The predicted molar refractivity (Wildman–Crippen MR) is 85.6 cm³/mol. The van der Waals surface area contributed by atoms with Gasteiger partial charge in [-0.1, -0.05) is 18.2 Å². The third kappa shape index (κ3) is 3.18. The molecule has 1 saturated carbocycles. The van der Waals surface area contributed by atoms with Crippen LogP contribution in [0.4, 0.5) is 0 Å². The third-order valence-electron chi connectivity index (χ3n) is 5.10.